The number of rotatable bonds is 6. The normalized spacial score (nSPS) is 13.3. The summed E-state index contributed by atoms with van der Waals surface area (Å²) in [5.74, 6) is 1.14. The van der Waals surface area contributed by atoms with Crippen molar-refractivity contribution >= 4 is 16.4 Å². The van der Waals surface area contributed by atoms with Crippen molar-refractivity contribution < 1.29 is 9.05 Å². The highest BCUT2D eigenvalue weighted by molar-refractivity contribution is 7.50. The van der Waals surface area contributed by atoms with E-state index in [1.807, 2.05) is 0 Å². The molecule has 0 saturated carbocycles. The summed E-state index contributed by atoms with van der Waals surface area (Å²) in [6.07, 6.45) is 0.549. The zero-order valence-corrected chi connectivity index (χ0v) is 12.5. The molecule has 2 nitrogen and oxygen atoms in total. The summed E-state index contributed by atoms with van der Waals surface area (Å²) in [4.78, 5) is 0. The van der Waals surface area contributed by atoms with Gasteiger partial charge in [0.25, 0.3) is 0 Å². The third-order valence-electron chi connectivity index (χ3n) is 1.26. The van der Waals surface area contributed by atoms with Gasteiger partial charge < -0.3 is 9.05 Å². The second kappa shape index (κ2) is 6.22. The van der Waals surface area contributed by atoms with Gasteiger partial charge in [-0.05, 0) is 27.7 Å². The van der Waals surface area contributed by atoms with Crippen LogP contribution in [0.2, 0.25) is 19.6 Å². The van der Waals surface area contributed by atoms with Crippen molar-refractivity contribution in [3.8, 4) is 0 Å². The standard InChI is InChI=1S/C10H25O2PSi/c1-9(2)11-13(12-10(3)4)8-14(5,6)7/h9-10H,8H2,1-7H3. The van der Waals surface area contributed by atoms with E-state index in [1.54, 1.807) is 0 Å². The molecule has 0 unspecified atom stereocenters. The molecule has 0 atom stereocenters. The van der Waals surface area contributed by atoms with Gasteiger partial charge in [-0.25, -0.2) is 0 Å². The second-order valence-electron chi connectivity index (χ2n) is 5.36. The van der Waals surface area contributed by atoms with E-state index < -0.39 is 16.4 Å². The minimum Gasteiger partial charge on any atom is -0.331 e. The van der Waals surface area contributed by atoms with Gasteiger partial charge in [-0.2, -0.15) is 0 Å². The molecule has 0 heterocycles. The lowest BCUT2D eigenvalue weighted by molar-refractivity contribution is 0.179. The van der Waals surface area contributed by atoms with Crippen LogP contribution in [0.1, 0.15) is 27.7 Å². The highest BCUT2D eigenvalue weighted by atomic mass is 31.2. The fourth-order valence-electron chi connectivity index (χ4n) is 0.957. The topological polar surface area (TPSA) is 18.5 Å². The van der Waals surface area contributed by atoms with Crippen molar-refractivity contribution in [2.24, 2.45) is 0 Å². The van der Waals surface area contributed by atoms with Crippen LogP contribution in [0.15, 0.2) is 0 Å². The summed E-state index contributed by atoms with van der Waals surface area (Å²) < 4.78 is 11.6. The van der Waals surface area contributed by atoms with Gasteiger partial charge in [-0.3, -0.25) is 0 Å². The molecule has 14 heavy (non-hydrogen) atoms. The Morgan fingerprint density at radius 2 is 1.29 bits per heavy atom. The summed E-state index contributed by atoms with van der Waals surface area (Å²) in [7, 11) is -1.74. The largest absolute Gasteiger partial charge is 0.331 e. The van der Waals surface area contributed by atoms with E-state index in [0.717, 1.165) is 5.79 Å². The molecule has 0 spiro atoms. The van der Waals surface area contributed by atoms with Crippen LogP contribution in [-0.4, -0.2) is 26.1 Å². The average Bonchev–Trinajstić information content (AvgIpc) is 1.77. The van der Waals surface area contributed by atoms with E-state index in [9.17, 15) is 0 Å². The maximum atomic E-state index is 5.81. The van der Waals surface area contributed by atoms with Gasteiger partial charge in [0, 0.05) is 5.79 Å². The smallest absolute Gasteiger partial charge is 0.168 e. The lowest BCUT2D eigenvalue weighted by Crippen LogP contribution is -2.27. The Hall–Kier alpha value is 0.567. The molecule has 0 aliphatic rings. The predicted molar refractivity (Wildman–Crippen MR) is 67.6 cm³/mol. The van der Waals surface area contributed by atoms with Crippen molar-refractivity contribution in [1.29, 1.82) is 0 Å². The van der Waals surface area contributed by atoms with Crippen molar-refractivity contribution in [3.05, 3.63) is 0 Å². The quantitative estimate of drug-likeness (QED) is 0.512. The van der Waals surface area contributed by atoms with E-state index >= 15 is 0 Å². The maximum Gasteiger partial charge on any atom is 0.168 e. The third-order valence-corrected chi connectivity index (χ3v) is 7.40. The van der Waals surface area contributed by atoms with E-state index in [0.29, 0.717) is 0 Å². The van der Waals surface area contributed by atoms with Crippen LogP contribution in [0.5, 0.6) is 0 Å². The van der Waals surface area contributed by atoms with Gasteiger partial charge in [0.1, 0.15) is 0 Å². The first kappa shape index (κ1) is 14.6. The minimum atomic E-state index is -1.08. The molecule has 0 fully saturated rings. The van der Waals surface area contributed by atoms with Gasteiger partial charge in [0.15, 0.2) is 8.38 Å². The average molecular weight is 236 g/mol. The summed E-state index contributed by atoms with van der Waals surface area (Å²) in [6.45, 7) is 15.4. The zero-order chi connectivity index (χ0) is 11.4. The molecule has 0 amide bonds. The van der Waals surface area contributed by atoms with Crippen LogP contribution in [0.4, 0.5) is 0 Å². The Balaban J connectivity index is 4.11. The molecule has 0 N–H and O–H groups in total. The lowest BCUT2D eigenvalue weighted by atomic mass is 10.5. The summed E-state index contributed by atoms with van der Waals surface area (Å²) in [5, 5.41) is 0. The summed E-state index contributed by atoms with van der Waals surface area (Å²) in [6, 6.07) is 0. The van der Waals surface area contributed by atoms with Crippen molar-refractivity contribution in [2.45, 2.75) is 59.5 Å². The molecule has 0 aliphatic heterocycles. The molecule has 0 aromatic heterocycles. The first-order chi connectivity index (χ1) is 6.20. The third kappa shape index (κ3) is 9.13. The molecule has 0 aromatic rings. The highest BCUT2D eigenvalue weighted by Crippen LogP contribution is 2.43. The molecular formula is C10H25O2PSi. The van der Waals surface area contributed by atoms with E-state index in [2.05, 4.69) is 47.3 Å². The first-order valence-corrected chi connectivity index (χ1v) is 10.4. The van der Waals surface area contributed by atoms with Crippen molar-refractivity contribution in [2.75, 3.05) is 5.79 Å². The van der Waals surface area contributed by atoms with Crippen LogP contribution in [0.25, 0.3) is 0 Å². The van der Waals surface area contributed by atoms with Gasteiger partial charge in [-0.15, -0.1) is 0 Å². The first-order valence-electron chi connectivity index (χ1n) is 5.32. The van der Waals surface area contributed by atoms with Gasteiger partial charge in [-0.1, -0.05) is 19.6 Å². The van der Waals surface area contributed by atoms with Crippen LogP contribution < -0.4 is 0 Å². The highest BCUT2D eigenvalue weighted by Gasteiger charge is 2.24. The Bertz CT molecular complexity index is 145. The predicted octanol–water partition coefficient (Wildman–Crippen LogP) is 4.03. The minimum absolute atomic E-state index is 0.274. The molecule has 86 valence electrons. The number of hydrogen-bond donors (Lipinski definition) is 0. The van der Waals surface area contributed by atoms with E-state index in [1.165, 1.54) is 0 Å². The maximum absolute atomic E-state index is 5.81. The molecule has 4 heteroatoms. The zero-order valence-electron chi connectivity index (χ0n) is 10.6. The summed E-state index contributed by atoms with van der Waals surface area (Å²) in [5.41, 5.74) is 0. The monoisotopic (exact) mass is 236 g/mol. The SMILES string of the molecule is CC(C)OP(C[Si](C)(C)C)OC(C)C. The Kier molecular flexibility index (Phi) is 6.47. The lowest BCUT2D eigenvalue weighted by Gasteiger charge is -2.26. The summed E-state index contributed by atoms with van der Waals surface area (Å²) >= 11 is 0. The van der Waals surface area contributed by atoms with Crippen LogP contribution in [0, 0.1) is 0 Å². The van der Waals surface area contributed by atoms with Gasteiger partial charge in [0.2, 0.25) is 0 Å². The second-order valence-corrected chi connectivity index (χ2v) is 12.8. The number of hydrogen-bond acceptors (Lipinski definition) is 2. The van der Waals surface area contributed by atoms with Crippen molar-refractivity contribution in [3.63, 3.8) is 0 Å². The molecule has 0 saturated heterocycles. The van der Waals surface area contributed by atoms with Crippen LogP contribution in [0.3, 0.4) is 0 Å². The Morgan fingerprint density at radius 3 is 1.50 bits per heavy atom. The molecule has 0 aliphatic carbocycles. The molecule has 0 bridgehead atoms. The molecule has 0 rings (SSSR count). The Labute approximate surface area is 91.3 Å². The fraction of sp³-hybridized carbons (Fsp3) is 1.00. The van der Waals surface area contributed by atoms with Crippen molar-refractivity contribution in [1.82, 2.24) is 0 Å². The van der Waals surface area contributed by atoms with E-state index in [4.69, 9.17) is 9.05 Å². The fourth-order valence-corrected chi connectivity index (χ4v) is 5.64. The van der Waals surface area contributed by atoms with E-state index in [-0.39, 0.29) is 12.2 Å². The molecular weight excluding hydrogens is 211 g/mol. The Morgan fingerprint density at radius 1 is 0.929 bits per heavy atom. The molecule has 0 radical (unpaired) electrons. The van der Waals surface area contributed by atoms with Gasteiger partial charge in [0.05, 0.1) is 20.3 Å². The van der Waals surface area contributed by atoms with Crippen LogP contribution in [-0.2, 0) is 9.05 Å². The van der Waals surface area contributed by atoms with Crippen LogP contribution >= 0.6 is 8.38 Å². The molecule has 0 aromatic carbocycles. The van der Waals surface area contributed by atoms with Gasteiger partial charge >= 0.3 is 0 Å².